The van der Waals surface area contributed by atoms with Crippen molar-refractivity contribution in [2.75, 3.05) is 10.6 Å². The number of aromatic nitrogens is 2. The van der Waals surface area contributed by atoms with Gasteiger partial charge in [0.1, 0.15) is 29.7 Å². The maximum absolute atomic E-state index is 13.7. The first-order chi connectivity index (χ1) is 17.4. The van der Waals surface area contributed by atoms with E-state index in [4.69, 9.17) is 27.7 Å². The molecular weight excluding hydrogens is 507 g/mol. The second-order valence-corrected chi connectivity index (χ2v) is 8.63. The van der Waals surface area contributed by atoms with Gasteiger partial charge in [0, 0.05) is 29.0 Å². The van der Waals surface area contributed by atoms with E-state index in [-0.39, 0.29) is 16.4 Å². The molecule has 0 bridgehead atoms. The van der Waals surface area contributed by atoms with Gasteiger partial charge in [0.2, 0.25) is 0 Å². The molecule has 10 heteroatoms. The lowest BCUT2D eigenvalue weighted by atomic mass is 10.0. The highest BCUT2D eigenvalue weighted by Gasteiger charge is 2.20. The van der Waals surface area contributed by atoms with Gasteiger partial charge in [0.15, 0.2) is 0 Å². The molecule has 1 unspecified atom stereocenters. The highest BCUT2D eigenvalue weighted by Crippen LogP contribution is 2.37. The van der Waals surface area contributed by atoms with Crippen LogP contribution in [0.4, 0.5) is 25.8 Å². The van der Waals surface area contributed by atoms with E-state index in [1.165, 1.54) is 42.8 Å². The quantitative estimate of drug-likeness (QED) is 0.239. The summed E-state index contributed by atoms with van der Waals surface area (Å²) in [6.45, 7) is 0. The van der Waals surface area contributed by atoms with Crippen molar-refractivity contribution in [2.24, 2.45) is 0 Å². The average molecular weight is 522 g/mol. The topological polar surface area (TPSA) is 86.8 Å². The number of nitrogens with one attached hydrogen (secondary N) is 2. The van der Waals surface area contributed by atoms with E-state index in [0.29, 0.717) is 38.7 Å². The summed E-state index contributed by atoms with van der Waals surface area (Å²) in [4.78, 5) is 4.35. The summed E-state index contributed by atoms with van der Waals surface area (Å²) in [7, 11) is 0. The van der Waals surface area contributed by atoms with Crippen LogP contribution in [0.5, 0.6) is 0 Å². The minimum Gasteiger partial charge on any atom is -0.373 e. The summed E-state index contributed by atoms with van der Waals surface area (Å²) in [6, 6.07) is 17.0. The number of fused-ring (bicyclic) bond motifs is 1. The van der Waals surface area contributed by atoms with Gasteiger partial charge >= 0.3 is 0 Å². The number of halogens is 4. The number of hydrogen-bond acceptors (Lipinski definition) is 6. The molecule has 36 heavy (non-hydrogen) atoms. The fourth-order valence-electron chi connectivity index (χ4n) is 3.80. The lowest BCUT2D eigenvalue weighted by Crippen LogP contribution is -2.13. The van der Waals surface area contributed by atoms with Crippen LogP contribution < -0.4 is 10.6 Å². The number of nitriles is 1. The Kier molecular flexibility index (Phi) is 6.42. The Hall–Kier alpha value is -4.19. The zero-order valence-electron chi connectivity index (χ0n) is 18.3. The van der Waals surface area contributed by atoms with E-state index in [9.17, 15) is 14.0 Å². The van der Waals surface area contributed by atoms with Crippen molar-refractivity contribution in [3.05, 3.63) is 112 Å². The Morgan fingerprint density at radius 1 is 0.944 bits per heavy atom. The molecule has 0 radical (unpaired) electrons. The minimum absolute atomic E-state index is 0.0630. The standard InChI is InChI=1S/C26H15Cl2F2N5O/c27-20-10-17(5-6-22(20)30)33-24-15(12-31)13-32-26-19(24)9-18(11-21(26)28)34-25(23-7-8-36-35-23)14-1-3-16(29)4-2-14/h1-11,13,25,34H,(H,32,33). The largest absolute Gasteiger partial charge is 0.373 e. The zero-order chi connectivity index (χ0) is 25.2. The summed E-state index contributed by atoms with van der Waals surface area (Å²) in [5.41, 5.74) is 3.51. The monoisotopic (exact) mass is 521 g/mol. The van der Waals surface area contributed by atoms with Crippen LogP contribution in [0.25, 0.3) is 10.9 Å². The van der Waals surface area contributed by atoms with Gasteiger partial charge in [-0.15, -0.1) is 0 Å². The number of anilines is 3. The first kappa shape index (κ1) is 23.5. The molecule has 2 N–H and O–H groups in total. The van der Waals surface area contributed by atoms with Gasteiger partial charge in [-0.1, -0.05) is 40.5 Å². The molecule has 0 aliphatic rings. The molecule has 0 fully saturated rings. The van der Waals surface area contributed by atoms with Crippen LogP contribution in [0.1, 0.15) is 22.9 Å². The highest BCUT2D eigenvalue weighted by atomic mass is 35.5. The Morgan fingerprint density at radius 2 is 1.72 bits per heavy atom. The number of benzene rings is 3. The van der Waals surface area contributed by atoms with Crippen molar-refractivity contribution in [3.63, 3.8) is 0 Å². The van der Waals surface area contributed by atoms with Crippen molar-refractivity contribution >= 4 is 51.2 Å². The first-order valence-electron chi connectivity index (χ1n) is 10.6. The summed E-state index contributed by atoms with van der Waals surface area (Å²) < 4.78 is 32.2. The summed E-state index contributed by atoms with van der Waals surface area (Å²) in [6.07, 6.45) is 2.85. The Balaban J connectivity index is 1.61. The number of hydrogen-bond donors (Lipinski definition) is 2. The molecule has 0 saturated carbocycles. The van der Waals surface area contributed by atoms with Crippen LogP contribution in [0.3, 0.4) is 0 Å². The Morgan fingerprint density at radius 3 is 2.42 bits per heavy atom. The molecule has 0 aliphatic carbocycles. The van der Waals surface area contributed by atoms with E-state index in [1.54, 1.807) is 30.3 Å². The van der Waals surface area contributed by atoms with Gasteiger partial charge in [-0.3, -0.25) is 4.98 Å². The van der Waals surface area contributed by atoms with Gasteiger partial charge in [0.05, 0.1) is 32.9 Å². The zero-order valence-corrected chi connectivity index (χ0v) is 19.8. The van der Waals surface area contributed by atoms with Crippen LogP contribution in [-0.2, 0) is 0 Å². The Bertz CT molecular complexity index is 1600. The lowest BCUT2D eigenvalue weighted by molar-refractivity contribution is 0.410. The van der Waals surface area contributed by atoms with Crippen LogP contribution in [0.2, 0.25) is 10.0 Å². The summed E-state index contributed by atoms with van der Waals surface area (Å²) in [5.74, 6) is -0.922. The summed E-state index contributed by atoms with van der Waals surface area (Å²) in [5, 5.41) is 21.1. The third-order valence-electron chi connectivity index (χ3n) is 5.50. The van der Waals surface area contributed by atoms with E-state index < -0.39 is 11.9 Å². The van der Waals surface area contributed by atoms with Crippen molar-refractivity contribution in [3.8, 4) is 6.07 Å². The SMILES string of the molecule is N#Cc1cnc2c(Cl)cc(NC(c3ccc(F)cc3)c3ccon3)cc2c1Nc1ccc(F)c(Cl)c1. The molecule has 2 aromatic heterocycles. The van der Waals surface area contributed by atoms with Crippen LogP contribution in [0.15, 0.2) is 77.6 Å². The highest BCUT2D eigenvalue weighted by molar-refractivity contribution is 6.36. The van der Waals surface area contributed by atoms with Crippen LogP contribution in [-0.4, -0.2) is 10.1 Å². The number of nitrogens with zero attached hydrogens (tertiary/aromatic N) is 3. The van der Waals surface area contributed by atoms with Crippen molar-refractivity contribution < 1.29 is 13.3 Å². The second-order valence-electron chi connectivity index (χ2n) is 7.82. The van der Waals surface area contributed by atoms with Crippen LogP contribution in [0, 0.1) is 23.0 Å². The number of pyridine rings is 1. The van der Waals surface area contributed by atoms with Gasteiger partial charge in [-0.05, 0) is 48.0 Å². The lowest BCUT2D eigenvalue weighted by Gasteiger charge is -2.20. The molecule has 5 rings (SSSR count). The first-order valence-corrected chi connectivity index (χ1v) is 11.3. The van der Waals surface area contributed by atoms with E-state index >= 15 is 0 Å². The third-order valence-corrected chi connectivity index (χ3v) is 6.08. The average Bonchev–Trinajstić information content (AvgIpc) is 3.40. The molecule has 1 atom stereocenters. The predicted molar refractivity (Wildman–Crippen MR) is 135 cm³/mol. The molecule has 178 valence electrons. The maximum atomic E-state index is 13.7. The fourth-order valence-corrected chi connectivity index (χ4v) is 4.25. The van der Waals surface area contributed by atoms with Gasteiger partial charge in [-0.25, -0.2) is 8.78 Å². The second kappa shape index (κ2) is 9.82. The van der Waals surface area contributed by atoms with Crippen molar-refractivity contribution in [2.45, 2.75) is 6.04 Å². The minimum atomic E-state index is -0.559. The smallest absolute Gasteiger partial charge is 0.141 e. The fraction of sp³-hybridized carbons (Fsp3) is 0.0385. The van der Waals surface area contributed by atoms with Crippen LogP contribution >= 0.6 is 23.2 Å². The van der Waals surface area contributed by atoms with E-state index in [1.807, 2.05) is 0 Å². The molecular formula is C26H15Cl2F2N5O. The van der Waals surface area contributed by atoms with Gasteiger partial charge < -0.3 is 15.2 Å². The third kappa shape index (κ3) is 4.67. The molecule has 0 spiro atoms. The van der Waals surface area contributed by atoms with E-state index in [2.05, 4.69) is 26.8 Å². The normalized spacial score (nSPS) is 11.8. The molecule has 0 saturated heterocycles. The molecule has 5 aromatic rings. The molecule has 6 nitrogen and oxygen atoms in total. The Labute approximate surface area is 214 Å². The van der Waals surface area contributed by atoms with Gasteiger partial charge in [0.25, 0.3) is 0 Å². The molecule has 0 aliphatic heterocycles. The molecule has 0 amide bonds. The molecule has 2 heterocycles. The molecule has 3 aromatic carbocycles. The van der Waals surface area contributed by atoms with Crippen molar-refractivity contribution in [1.82, 2.24) is 10.1 Å². The maximum Gasteiger partial charge on any atom is 0.141 e. The van der Waals surface area contributed by atoms with Crippen molar-refractivity contribution in [1.29, 1.82) is 5.26 Å². The van der Waals surface area contributed by atoms with E-state index in [0.717, 1.165) is 5.56 Å². The predicted octanol–water partition coefficient (Wildman–Crippen LogP) is 7.62. The summed E-state index contributed by atoms with van der Waals surface area (Å²) >= 11 is 12.5. The van der Waals surface area contributed by atoms with Gasteiger partial charge in [-0.2, -0.15) is 5.26 Å². The number of rotatable bonds is 6.